The number of halogens is 4. The summed E-state index contributed by atoms with van der Waals surface area (Å²) in [5.41, 5.74) is -0.229. The number of rotatable bonds is 3. The van der Waals surface area contributed by atoms with Gasteiger partial charge < -0.3 is 9.47 Å². The van der Waals surface area contributed by atoms with Crippen LogP contribution in [0.4, 0.5) is 18.9 Å². The molecule has 1 unspecified atom stereocenters. The van der Waals surface area contributed by atoms with Gasteiger partial charge in [0.25, 0.3) is 0 Å². The van der Waals surface area contributed by atoms with Gasteiger partial charge in [0, 0.05) is 10.9 Å². The highest BCUT2D eigenvalue weighted by molar-refractivity contribution is 9.10. The van der Waals surface area contributed by atoms with Crippen LogP contribution in [0.15, 0.2) is 51.8 Å². The third kappa shape index (κ3) is 6.20. The average molecular weight is 494 g/mol. The number of methoxy groups -OCH3 is 1. The minimum absolute atomic E-state index is 0.104. The predicted molar refractivity (Wildman–Crippen MR) is 107 cm³/mol. The van der Waals surface area contributed by atoms with Crippen molar-refractivity contribution >= 4 is 38.6 Å². The van der Waals surface area contributed by atoms with Crippen molar-refractivity contribution < 1.29 is 31.6 Å². The molecule has 0 amide bonds. The van der Waals surface area contributed by atoms with E-state index in [0.29, 0.717) is 31.0 Å². The molecule has 1 aliphatic rings. The zero-order valence-corrected chi connectivity index (χ0v) is 18.1. The minimum Gasteiger partial charge on any atom is -0.489 e. The van der Waals surface area contributed by atoms with Crippen molar-refractivity contribution in [3.05, 3.63) is 52.5 Å². The van der Waals surface area contributed by atoms with Crippen molar-refractivity contribution in [2.24, 2.45) is 0 Å². The number of benzene rings is 2. The molecule has 1 atom stereocenters. The zero-order chi connectivity index (χ0) is 21.6. The van der Waals surface area contributed by atoms with E-state index in [1.54, 1.807) is 29.4 Å². The maximum atomic E-state index is 12.8. The largest absolute Gasteiger partial charge is 0.489 e. The molecule has 5 nitrogen and oxygen atoms in total. The summed E-state index contributed by atoms with van der Waals surface area (Å²) in [6, 6.07) is 9.83. The van der Waals surface area contributed by atoms with Crippen molar-refractivity contribution in [1.29, 1.82) is 0 Å². The van der Waals surface area contributed by atoms with Crippen molar-refractivity contribution in [2.75, 3.05) is 24.6 Å². The minimum atomic E-state index is -4.47. The number of carbonyl (C=O) groups is 1. The number of hydrogen-bond donors (Lipinski definition) is 0. The summed E-state index contributed by atoms with van der Waals surface area (Å²) in [7, 11) is -0.371. The second-order valence-electron chi connectivity index (χ2n) is 5.77. The van der Waals surface area contributed by atoms with Gasteiger partial charge in [-0.1, -0.05) is 28.9 Å². The quantitative estimate of drug-likeness (QED) is 0.567. The average Bonchev–Trinajstić information content (AvgIpc) is 2.72. The zero-order valence-electron chi connectivity index (χ0n) is 15.7. The first-order chi connectivity index (χ1) is 13.7. The van der Waals surface area contributed by atoms with Gasteiger partial charge in [0.2, 0.25) is 0 Å². The normalized spacial score (nSPS) is 14.1. The molecule has 158 valence electrons. The Kier molecular flexibility index (Phi) is 8.09. The Morgan fingerprint density at radius 2 is 2.00 bits per heavy atom. The molecule has 0 spiro atoms. The molecule has 0 aliphatic carbocycles. The lowest BCUT2D eigenvalue weighted by Crippen LogP contribution is -2.34. The molecule has 10 heteroatoms. The smallest absolute Gasteiger partial charge is 0.416 e. The highest BCUT2D eigenvalue weighted by Gasteiger charge is 2.32. The van der Waals surface area contributed by atoms with Crippen LogP contribution in [0.5, 0.6) is 5.75 Å². The molecule has 0 saturated carbocycles. The topological polar surface area (TPSA) is 55.8 Å². The third-order valence-corrected chi connectivity index (χ3v) is 5.75. The van der Waals surface area contributed by atoms with E-state index < -0.39 is 22.7 Å². The van der Waals surface area contributed by atoms with E-state index in [2.05, 4.69) is 20.7 Å². The number of carbonyl (C=O) groups excluding carboxylic acids is 1. The summed E-state index contributed by atoms with van der Waals surface area (Å²) >= 11 is 3.33. The number of esters is 1. The molecule has 29 heavy (non-hydrogen) atoms. The van der Waals surface area contributed by atoms with Gasteiger partial charge in [0.15, 0.2) is 11.0 Å². The van der Waals surface area contributed by atoms with E-state index in [-0.39, 0.29) is 10.9 Å². The number of nitrogens with zero attached hydrogens (tertiary/aromatic N) is 1. The predicted octanol–water partition coefficient (Wildman–Crippen LogP) is 4.96. The Balaban J connectivity index is 0.000000438. The summed E-state index contributed by atoms with van der Waals surface area (Å²) in [5.74, 6) is 0.398. The molecule has 2 aromatic rings. The molecule has 0 bridgehead atoms. The molecule has 2 aromatic carbocycles. The van der Waals surface area contributed by atoms with E-state index in [0.717, 1.165) is 16.6 Å². The highest BCUT2D eigenvalue weighted by atomic mass is 79.9. The standard InChI is InChI=1S/C15H11BrF3NO2S.C4H8O2/c16-11-4-5-14-13(9-11)20(6-7-22-14)23(21)12-3-1-2-10(8-12)15(17,18)19;1-3-4(5)6-2/h1-5,8-9H,6-7H2;3H2,1-2H3. The summed E-state index contributed by atoms with van der Waals surface area (Å²) < 4.78 is 63.3. The van der Waals surface area contributed by atoms with Crippen molar-refractivity contribution in [3.8, 4) is 5.75 Å². The van der Waals surface area contributed by atoms with Crippen LogP contribution in [0.25, 0.3) is 0 Å². The number of alkyl halides is 3. The lowest BCUT2D eigenvalue weighted by atomic mass is 10.2. The number of fused-ring (bicyclic) bond motifs is 1. The molecule has 1 heterocycles. The van der Waals surface area contributed by atoms with Gasteiger partial charge in [-0.3, -0.25) is 9.10 Å². The first-order valence-corrected chi connectivity index (χ1v) is 10.4. The van der Waals surface area contributed by atoms with Crippen molar-refractivity contribution in [1.82, 2.24) is 0 Å². The molecule has 1 aliphatic heterocycles. The SMILES string of the molecule is CCC(=O)OC.O=S(c1cccc(C(F)(F)F)c1)N1CCOc2ccc(Br)cc21. The number of ether oxygens (including phenoxy) is 2. The van der Waals surface area contributed by atoms with Gasteiger partial charge >= 0.3 is 12.1 Å². The summed E-state index contributed by atoms with van der Waals surface area (Å²) in [6.45, 7) is 2.40. The van der Waals surface area contributed by atoms with Crippen LogP contribution < -0.4 is 9.04 Å². The Morgan fingerprint density at radius 3 is 2.59 bits per heavy atom. The van der Waals surface area contributed by atoms with Gasteiger partial charge in [-0.15, -0.1) is 0 Å². The maximum absolute atomic E-state index is 12.8. The molecule has 3 rings (SSSR count). The Bertz CT molecular complexity index is 886. The van der Waals surface area contributed by atoms with Crippen LogP contribution in [0.3, 0.4) is 0 Å². The fourth-order valence-corrected chi connectivity index (χ4v) is 3.98. The fraction of sp³-hybridized carbons (Fsp3) is 0.316. The molecular formula is C19H19BrF3NO4S. The van der Waals surface area contributed by atoms with Crippen LogP contribution in [0.1, 0.15) is 18.9 Å². The van der Waals surface area contributed by atoms with Crippen molar-refractivity contribution in [3.63, 3.8) is 0 Å². The number of anilines is 1. The van der Waals surface area contributed by atoms with E-state index in [1.165, 1.54) is 19.2 Å². The first-order valence-electron chi connectivity index (χ1n) is 8.53. The Morgan fingerprint density at radius 1 is 1.28 bits per heavy atom. The second kappa shape index (κ2) is 10.1. The van der Waals surface area contributed by atoms with Crippen molar-refractivity contribution in [2.45, 2.75) is 24.4 Å². The van der Waals surface area contributed by atoms with Gasteiger partial charge in [0.05, 0.1) is 29.8 Å². The van der Waals surface area contributed by atoms with Crippen LogP contribution >= 0.6 is 15.9 Å². The molecule has 0 N–H and O–H groups in total. The van der Waals surface area contributed by atoms with Gasteiger partial charge in [0.1, 0.15) is 12.4 Å². The van der Waals surface area contributed by atoms with Crippen LogP contribution in [0, 0.1) is 0 Å². The molecule has 0 radical (unpaired) electrons. The summed E-state index contributed by atoms with van der Waals surface area (Å²) in [4.78, 5) is 10.1. The Hall–Kier alpha value is -2.07. The monoisotopic (exact) mass is 493 g/mol. The number of hydrogen-bond acceptors (Lipinski definition) is 4. The van der Waals surface area contributed by atoms with E-state index in [1.807, 2.05) is 0 Å². The summed E-state index contributed by atoms with van der Waals surface area (Å²) in [6.07, 6.45) is -4.00. The lowest BCUT2D eigenvalue weighted by molar-refractivity contribution is -0.140. The van der Waals surface area contributed by atoms with Gasteiger partial charge in [-0.25, -0.2) is 4.21 Å². The Labute approximate surface area is 177 Å². The molecular weight excluding hydrogens is 475 g/mol. The van der Waals surface area contributed by atoms with E-state index in [4.69, 9.17) is 4.74 Å². The molecule has 0 fully saturated rings. The molecule has 0 saturated heterocycles. The molecule has 0 aromatic heterocycles. The first kappa shape index (κ1) is 23.2. The van der Waals surface area contributed by atoms with Gasteiger partial charge in [-0.05, 0) is 36.4 Å². The van der Waals surface area contributed by atoms with E-state index in [9.17, 15) is 22.2 Å². The maximum Gasteiger partial charge on any atom is 0.416 e. The lowest BCUT2D eigenvalue weighted by Gasteiger charge is -2.30. The second-order valence-corrected chi connectivity index (χ2v) is 8.09. The fourth-order valence-electron chi connectivity index (χ4n) is 2.39. The summed E-state index contributed by atoms with van der Waals surface area (Å²) in [5, 5.41) is 0. The van der Waals surface area contributed by atoms with Gasteiger partial charge in [-0.2, -0.15) is 13.2 Å². The highest BCUT2D eigenvalue weighted by Crippen LogP contribution is 2.37. The third-order valence-electron chi connectivity index (χ3n) is 3.82. The van der Waals surface area contributed by atoms with Crippen LogP contribution in [0.2, 0.25) is 0 Å². The van der Waals surface area contributed by atoms with Crippen LogP contribution in [-0.2, 0) is 26.7 Å². The van der Waals surface area contributed by atoms with Crippen LogP contribution in [-0.4, -0.2) is 30.4 Å². The van der Waals surface area contributed by atoms with E-state index >= 15 is 0 Å².